The van der Waals surface area contributed by atoms with Crippen LogP contribution in [0.5, 0.6) is 11.5 Å². The first kappa shape index (κ1) is 10.9. The third-order valence-corrected chi connectivity index (χ3v) is 2.22. The van der Waals surface area contributed by atoms with E-state index in [1.54, 1.807) is 18.2 Å². The summed E-state index contributed by atoms with van der Waals surface area (Å²) in [5.41, 5.74) is 0. The van der Waals surface area contributed by atoms with Crippen molar-refractivity contribution in [3.8, 4) is 11.5 Å². The largest absolute Gasteiger partial charge is 0.504 e. The van der Waals surface area contributed by atoms with Gasteiger partial charge in [-0.3, -0.25) is 0 Å². The molecule has 0 aliphatic heterocycles. The Morgan fingerprint density at radius 3 is 2.57 bits per heavy atom. The van der Waals surface area contributed by atoms with Gasteiger partial charge in [-0.05, 0) is 25.0 Å². The summed E-state index contributed by atoms with van der Waals surface area (Å²) < 4.78 is 5.68. The number of para-hydroxylation sites is 2. The van der Waals surface area contributed by atoms with Gasteiger partial charge in [0.1, 0.15) is 0 Å². The van der Waals surface area contributed by atoms with Crippen molar-refractivity contribution in [3.05, 3.63) is 24.3 Å². The molecule has 0 aliphatic carbocycles. The van der Waals surface area contributed by atoms with Crippen LogP contribution in [0.25, 0.3) is 0 Å². The maximum atomic E-state index is 9.50. The molecule has 1 aromatic rings. The fraction of sp³-hybridized carbons (Fsp3) is 0.500. The predicted octanol–water partition coefficient (Wildman–Crippen LogP) is 3.35. The Balaban J connectivity index is 2.62. The van der Waals surface area contributed by atoms with Crippen LogP contribution in [-0.4, -0.2) is 11.2 Å². The Morgan fingerprint density at radius 1 is 1.29 bits per heavy atom. The van der Waals surface area contributed by atoms with Gasteiger partial charge in [0.15, 0.2) is 11.5 Å². The van der Waals surface area contributed by atoms with Gasteiger partial charge in [0.05, 0.1) is 6.10 Å². The highest BCUT2D eigenvalue weighted by Gasteiger charge is 2.08. The molecule has 0 fully saturated rings. The minimum atomic E-state index is 0.216. The van der Waals surface area contributed by atoms with Crippen molar-refractivity contribution < 1.29 is 9.84 Å². The van der Waals surface area contributed by atoms with E-state index in [0.29, 0.717) is 5.75 Å². The van der Waals surface area contributed by atoms with Crippen LogP contribution in [-0.2, 0) is 0 Å². The molecule has 1 unspecified atom stereocenters. The Kier molecular flexibility index (Phi) is 4.30. The zero-order chi connectivity index (χ0) is 10.4. The van der Waals surface area contributed by atoms with Crippen molar-refractivity contribution in [2.24, 2.45) is 0 Å². The molecule has 0 bridgehead atoms. The van der Waals surface area contributed by atoms with Gasteiger partial charge in [-0.25, -0.2) is 0 Å². The fourth-order valence-electron chi connectivity index (χ4n) is 1.40. The van der Waals surface area contributed by atoms with E-state index in [1.807, 2.05) is 6.07 Å². The molecule has 1 aromatic carbocycles. The van der Waals surface area contributed by atoms with Crippen LogP contribution in [0.15, 0.2) is 24.3 Å². The molecule has 1 N–H and O–H groups in total. The van der Waals surface area contributed by atoms with Gasteiger partial charge in [0, 0.05) is 0 Å². The highest BCUT2D eigenvalue weighted by Crippen LogP contribution is 2.26. The molecule has 2 nitrogen and oxygen atoms in total. The Hall–Kier alpha value is -1.18. The number of hydrogen-bond donors (Lipinski definition) is 1. The average molecular weight is 194 g/mol. The number of benzene rings is 1. The molecule has 0 amide bonds. The fourth-order valence-corrected chi connectivity index (χ4v) is 1.40. The van der Waals surface area contributed by atoms with E-state index in [2.05, 4.69) is 13.8 Å². The first-order valence-electron chi connectivity index (χ1n) is 5.22. The van der Waals surface area contributed by atoms with Gasteiger partial charge in [0.2, 0.25) is 0 Å². The molecule has 14 heavy (non-hydrogen) atoms. The number of rotatable bonds is 5. The smallest absolute Gasteiger partial charge is 0.161 e. The summed E-state index contributed by atoms with van der Waals surface area (Å²) >= 11 is 0. The molecule has 0 aliphatic rings. The van der Waals surface area contributed by atoms with E-state index in [4.69, 9.17) is 4.74 Å². The molecule has 78 valence electrons. The van der Waals surface area contributed by atoms with Crippen LogP contribution in [0.2, 0.25) is 0 Å². The molecular weight excluding hydrogens is 176 g/mol. The van der Waals surface area contributed by atoms with E-state index in [-0.39, 0.29) is 11.9 Å². The van der Waals surface area contributed by atoms with Crippen molar-refractivity contribution in [2.75, 3.05) is 0 Å². The molecule has 0 saturated carbocycles. The average Bonchev–Trinajstić information content (AvgIpc) is 2.20. The Labute approximate surface area is 85.5 Å². The highest BCUT2D eigenvalue weighted by molar-refractivity contribution is 5.38. The van der Waals surface area contributed by atoms with Gasteiger partial charge < -0.3 is 9.84 Å². The van der Waals surface area contributed by atoms with Gasteiger partial charge in [0.25, 0.3) is 0 Å². The third-order valence-electron chi connectivity index (χ3n) is 2.22. The van der Waals surface area contributed by atoms with E-state index in [0.717, 1.165) is 19.3 Å². The first-order valence-corrected chi connectivity index (χ1v) is 5.22. The van der Waals surface area contributed by atoms with Crippen LogP contribution < -0.4 is 4.74 Å². The van der Waals surface area contributed by atoms with Crippen molar-refractivity contribution >= 4 is 0 Å². The maximum Gasteiger partial charge on any atom is 0.161 e. The maximum absolute atomic E-state index is 9.50. The third kappa shape index (κ3) is 2.95. The lowest BCUT2D eigenvalue weighted by atomic mass is 10.1. The number of phenolic OH excluding ortho intramolecular Hbond substituents is 1. The zero-order valence-corrected chi connectivity index (χ0v) is 8.86. The second-order valence-corrected chi connectivity index (χ2v) is 3.40. The predicted molar refractivity (Wildman–Crippen MR) is 57.7 cm³/mol. The lowest BCUT2D eigenvalue weighted by molar-refractivity contribution is 0.179. The number of hydrogen-bond acceptors (Lipinski definition) is 2. The molecule has 0 aromatic heterocycles. The minimum absolute atomic E-state index is 0.216. The van der Waals surface area contributed by atoms with Gasteiger partial charge >= 0.3 is 0 Å². The monoisotopic (exact) mass is 194 g/mol. The normalized spacial score (nSPS) is 12.4. The summed E-state index contributed by atoms with van der Waals surface area (Å²) in [6.07, 6.45) is 3.33. The van der Waals surface area contributed by atoms with Crippen LogP contribution in [0.3, 0.4) is 0 Å². The summed E-state index contributed by atoms with van der Waals surface area (Å²) in [6.45, 7) is 4.23. The van der Waals surface area contributed by atoms with Gasteiger partial charge in [-0.1, -0.05) is 32.4 Å². The van der Waals surface area contributed by atoms with Crippen molar-refractivity contribution in [1.82, 2.24) is 0 Å². The zero-order valence-electron chi connectivity index (χ0n) is 8.86. The van der Waals surface area contributed by atoms with Crippen LogP contribution in [0, 0.1) is 0 Å². The van der Waals surface area contributed by atoms with Crippen LogP contribution >= 0.6 is 0 Å². The molecule has 0 saturated heterocycles. The van der Waals surface area contributed by atoms with Gasteiger partial charge in [-0.2, -0.15) is 0 Å². The molecule has 1 atom stereocenters. The SMILES string of the molecule is CCCC(CC)Oc1ccccc1O. The van der Waals surface area contributed by atoms with E-state index < -0.39 is 0 Å². The number of ether oxygens (including phenoxy) is 1. The molecule has 0 spiro atoms. The second-order valence-electron chi connectivity index (χ2n) is 3.40. The summed E-state index contributed by atoms with van der Waals surface area (Å²) in [4.78, 5) is 0. The lowest BCUT2D eigenvalue weighted by Gasteiger charge is -2.17. The lowest BCUT2D eigenvalue weighted by Crippen LogP contribution is -2.14. The van der Waals surface area contributed by atoms with E-state index in [9.17, 15) is 5.11 Å². The Morgan fingerprint density at radius 2 is 2.00 bits per heavy atom. The quantitative estimate of drug-likeness (QED) is 0.778. The second kappa shape index (κ2) is 5.53. The van der Waals surface area contributed by atoms with Crippen LogP contribution in [0.1, 0.15) is 33.1 Å². The summed E-state index contributed by atoms with van der Waals surface area (Å²) in [7, 11) is 0. The summed E-state index contributed by atoms with van der Waals surface area (Å²) in [5, 5.41) is 9.50. The Bertz CT molecular complexity index is 271. The summed E-state index contributed by atoms with van der Waals surface area (Å²) in [6, 6.07) is 7.11. The van der Waals surface area contributed by atoms with Crippen LogP contribution in [0.4, 0.5) is 0 Å². The molecular formula is C12H18O2. The highest BCUT2D eigenvalue weighted by atomic mass is 16.5. The summed E-state index contributed by atoms with van der Waals surface area (Å²) in [5.74, 6) is 0.815. The van der Waals surface area contributed by atoms with Gasteiger partial charge in [-0.15, -0.1) is 0 Å². The van der Waals surface area contributed by atoms with Crippen molar-refractivity contribution in [2.45, 2.75) is 39.2 Å². The van der Waals surface area contributed by atoms with E-state index in [1.165, 1.54) is 0 Å². The van der Waals surface area contributed by atoms with E-state index >= 15 is 0 Å². The number of phenols is 1. The molecule has 0 radical (unpaired) electrons. The number of aromatic hydroxyl groups is 1. The minimum Gasteiger partial charge on any atom is -0.504 e. The molecule has 1 rings (SSSR count). The standard InChI is InChI=1S/C12H18O2/c1-3-7-10(4-2)14-12-9-6-5-8-11(12)13/h5-6,8-10,13H,3-4,7H2,1-2H3. The van der Waals surface area contributed by atoms with Crippen molar-refractivity contribution in [3.63, 3.8) is 0 Å². The first-order chi connectivity index (χ1) is 6.77. The molecule has 2 heteroatoms. The topological polar surface area (TPSA) is 29.5 Å². The van der Waals surface area contributed by atoms with Crippen molar-refractivity contribution in [1.29, 1.82) is 0 Å². The molecule has 0 heterocycles.